The number of hydrazine groups is 1. The third kappa shape index (κ3) is 5.50. The molecular weight excluding hydrogens is 365 g/mol. The minimum atomic E-state index is -3.08. The van der Waals surface area contributed by atoms with Crippen molar-refractivity contribution in [2.24, 2.45) is 0 Å². The second kappa shape index (κ2) is 9.27. The fourth-order valence-corrected chi connectivity index (χ4v) is 2.08. The molecule has 0 saturated heterocycles. The van der Waals surface area contributed by atoms with Crippen LogP contribution in [-0.4, -0.2) is 25.5 Å². The van der Waals surface area contributed by atoms with Gasteiger partial charge in [0.2, 0.25) is 0 Å². The molecule has 2 amide bonds. The van der Waals surface area contributed by atoms with Crippen molar-refractivity contribution in [2.45, 2.75) is 6.61 Å². The lowest BCUT2D eigenvalue weighted by molar-refractivity contribution is -0.117. The predicted octanol–water partition coefficient (Wildman–Crippen LogP) is 2.91. The number of rotatable bonds is 6. The molecule has 9 heteroatoms. The maximum absolute atomic E-state index is 13.5. The Hall–Kier alpha value is -3.49. The van der Waals surface area contributed by atoms with Gasteiger partial charge < -0.3 is 9.47 Å². The number of para-hydroxylation sites is 1. The average molecular weight is 380 g/mol. The van der Waals surface area contributed by atoms with Crippen LogP contribution in [0, 0.1) is 5.82 Å². The summed E-state index contributed by atoms with van der Waals surface area (Å²) >= 11 is 0. The molecule has 0 atom stereocenters. The van der Waals surface area contributed by atoms with E-state index in [2.05, 4.69) is 10.2 Å². The van der Waals surface area contributed by atoms with Crippen LogP contribution in [0.1, 0.15) is 15.9 Å². The number of benzene rings is 2. The number of nitrogens with one attached hydrogen (secondary N) is 2. The third-order valence-corrected chi connectivity index (χ3v) is 3.27. The summed E-state index contributed by atoms with van der Waals surface area (Å²) in [5.74, 6) is -2.55. The van der Waals surface area contributed by atoms with Crippen molar-refractivity contribution in [1.29, 1.82) is 0 Å². The molecule has 27 heavy (non-hydrogen) atoms. The molecule has 6 nitrogen and oxygen atoms in total. The highest BCUT2D eigenvalue weighted by Gasteiger charge is 2.14. The first-order chi connectivity index (χ1) is 12.9. The minimum absolute atomic E-state index is 0.0608. The largest absolute Gasteiger partial charge is 0.493 e. The smallest absolute Gasteiger partial charge is 0.387 e. The topological polar surface area (TPSA) is 76.7 Å². The molecule has 0 aliphatic rings. The second-order valence-corrected chi connectivity index (χ2v) is 5.01. The first-order valence-electron chi connectivity index (χ1n) is 7.57. The summed E-state index contributed by atoms with van der Waals surface area (Å²) in [7, 11) is 1.28. The van der Waals surface area contributed by atoms with Gasteiger partial charge in [0, 0.05) is 11.6 Å². The van der Waals surface area contributed by atoms with E-state index in [1.165, 1.54) is 49.6 Å². The summed E-state index contributed by atoms with van der Waals surface area (Å²) in [6, 6.07) is 9.61. The Morgan fingerprint density at radius 1 is 1.07 bits per heavy atom. The molecular formula is C18H15F3N2O4. The van der Waals surface area contributed by atoms with E-state index in [4.69, 9.17) is 4.74 Å². The molecule has 2 N–H and O–H groups in total. The lowest BCUT2D eigenvalue weighted by Crippen LogP contribution is -2.41. The highest BCUT2D eigenvalue weighted by molar-refractivity contribution is 5.98. The Morgan fingerprint density at radius 2 is 1.81 bits per heavy atom. The van der Waals surface area contributed by atoms with Gasteiger partial charge in [-0.25, -0.2) is 4.39 Å². The number of ether oxygens (including phenoxy) is 2. The number of amides is 2. The van der Waals surface area contributed by atoms with E-state index in [1.54, 1.807) is 0 Å². The number of carbonyl (C=O) groups excluding carboxylic acids is 2. The Kier molecular flexibility index (Phi) is 6.81. The zero-order chi connectivity index (χ0) is 19.8. The molecule has 2 rings (SSSR count). The van der Waals surface area contributed by atoms with Gasteiger partial charge in [-0.2, -0.15) is 8.78 Å². The van der Waals surface area contributed by atoms with Gasteiger partial charge >= 0.3 is 6.61 Å². The molecule has 0 heterocycles. The minimum Gasteiger partial charge on any atom is -0.493 e. The highest BCUT2D eigenvalue weighted by atomic mass is 19.3. The van der Waals surface area contributed by atoms with Crippen LogP contribution in [0.25, 0.3) is 6.08 Å². The van der Waals surface area contributed by atoms with Crippen molar-refractivity contribution < 1.29 is 32.2 Å². The van der Waals surface area contributed by atoms with Crippen LogP contribution in [0.4, 0.5) is 13.2 Å². The molecule has 0 aliphatic heterocycles. The summed E-state index contributed by atoms with van der Waals surface area (Å²) in [4.78, 5) is 23.6. The highest BCUT2D eigenvalue weighted by Crippen LogP contribution is 2.33. The molecule has 2 aromatic rings. The van der Waals surface area contributed by atoms with Crippen molar-refractivity contribution in [1.82, 2.24) is 10.9 Å². The normalized spacial score (nSPS) is 10.7. The lowest BCUT2D eigenvalue weighted by Gasteiger charge is -2.12. The summed E-state index contributed by atoms with van der Waals surface area (Å²) in [6.07, 6.45) is 2.18. The standard InChI is InChI=1S/C18H15F3N2O4/c1-26-14-8-4-5-11(16(14)27-18(20)21)9-10-15(24)22-23-17(25)12-6-2-3-7-13(12)19/h2-10,18H,1H3,(H,22,24)(H,23,25)/b10-9+. The van der Waals surface area contributed by atoms with Crippen molar-refractivity contribution in [3.05, 3.63) is 65.5 Å². The molecule has 0 radical (unpaired) electrons. The first kappa shape index (κ1) is 19.8. The number of halogens is 3. The van der Waals surface area contributed by atoms with Gasteiger partial charge in [-0.05, 0) is 24.3 Å². The monoisotopic (exact) mass is 380 g/mol. The van der Waals surface area contributed by atoms with Crippen LogP contribution in [0.3, 0.4) is 0 Å². The molecule has 0 unspecified atom stereocenters. The van der Waals surface area contributed by atoms with Crippen molar-refractivity contribution >= 4 is 17.9 Å². The Labute approximate surface area is 152 Å². The summed E-state index contributed by atoms with van der Waals surface area (Å²) in [6.45, 7) is -3.08. The zero-order valence-corrected chi connectivity index (χ0v) is 14.0. The number of hydrogen-bond acceptors (Lipinski definition) is 4. The molecule has 0 saturated carbocycles. The van der Waals surface area contributed by atoms with Gasteiger partial charge in [-0.1, -0.05) is 24.3 Å². The Morgan fingerprint density at radius 3 is 2.48 bits per heavy atom. The molecule has 142 valence electrons. The molecule has 2 aromatic carbocycles. The average Bonchev–Trinajstić information content (AvgIpc) is 2.65. The van der Waals surface area contributed by atoms with Gasteiger partial charge in [0.1, 0.15) is 5.82 Å². The third-order valence-electron chi connectivity index (χ3n) is 3.27. The van der Waals surface area contributed by atoms with E-state index in [0.29, 0.717) is 0 Å². The zero-order valence-electron chi connectivity index (χ0n) is 14.0. The van der Waals surface area contributed by atoms with Gasteiger partial charge in [0.15, 0.2) is 11.5 Å². The van der Waals surface area contributed by atoms with Crippen LogP contribution in [0.2, 0.25) is 0 Å². The van der Waals surface area contributed by atoms with Crippen molar-refractivity contribution in [2.75, 3.05) is 7.11 Å². The fourth-order valence-electron chi connectivity index (χ4n) is 2.08. The van der Waals surface area contributed by atoms with E-state index in [0.717, 1.165) is 12.1 Å². The fraction of sp³-hybridized carbons (Fsp3) is 0.111. The van der Waals surface area contributed by atoms with Crippen LogP contribution in [0.15, 0.2) is 48.5 Å². The number of methoxy groups -OCH3 is 1. The molecule has 0 fully saturated rings. The predicted molar refractivity (Wildman–Crippen MR) is 90.7 cm³/mol. The first-order valence-corrected chi connectivity index (χ1v) is 7.57. The van der Waals surface area contributed by atoms with Crippen molar-refractivity contribution in [3.8, 4) is 11.5 Å². The number of alkyl halides is 2. The molecule has 0 bridgehead atoms. The van der Waals surface area contributed by atoms with Gasteiger partial charge in [0.05, 0.1) is 12.7 Å². The molecule has 0 aliphatic carbocycles. The van der Waals surface area contributed by atoms with Crippen LogP contribution >= 0.6 is 0 Å². The van der Waals surface area contributed by atoms with E-state index >= 15 is 0 Å². The summed E-state index contributed by atoms with van der Waals surface area (Å²) in [5, 5.41) is 0. The maximum atomic E-state index is 13.5. The van der Waals surface area contributed by atoms with E-state index in [-0.39, 0.29) is 22.6 Å². The Balaban J connectivity index is 2.04. The number of hydrogen-bond donors (Lipinski definition) is 2. The molecule has 0 spiro atoms. The summed E-state index contributed by atoms with van der Waals surface area (Å²) in [5.41, 5.74) is 4.00. The van der Waals surface area contributed by atoms with E-state index < -0.39 is 24.2 Å². The Bertz CT molecular complexity index is 856. The van der Waals surface area contributed by atoms with Crippen LogP contribution in [-0.2, 0) is 4.79 Å². The van der Waals surface area contributed by atoms with Crippen LogP contribution in [0.5, 0.6) is 11.5 Å². The van der Waals surface area contributed by atoms with Gasteiger partial charge in [-0.3, -0.25) is 20.4 Å². The second-order valence-electron chi connectivity index (χ2n) is 5.01. The van der Waals surface area contributed by atoms with Gasteiger partial charge in [-0.15, -0.1) is 0 Å². The van der Waals surface area contributed by atoms with E-state index in [9.17, 15) is 22.8 Å². The SMILES string of the molecule is COc1cccc(/C=C/C(=O)NNC(=O)c2ccccc2F)c1OC(F)F. The quantitative estimate of drug-likeness (QED) is 0.597. The summed E-state index contributed by atoms with van der Waals surface area (Å²) < 4.78 is 48.0. The molecule has 0 aromatic heterocycles. The van der Waals surface area contributed by atoms with E-state index in [1.807, 2.05) is 5.43 Å². The van der Waals surface area contributed by atoms with Crippen LogP contribution < -0.4 is 20.3 Å². The number of carbonyl (C=O) groups is 2. The van der Waals surface area contributed by atoms with Crippen molar-refractivity contribution in [3.63, 3.8) is 0 Å². The maximum Gasteiger partial charge on any atom is 0.387 e. The lowest BCUT2D eigenvalue weighted by atomic mass is 10.1. The van der Waals surface area contributed by atoms with Gasteiger partial charge in [0.25, 0.3) is 11.8 Å².